The zero-order chi connectivity index (χ0) is 17.2. The average molecular weight is 327 g/mol. The molecule has 6 heteroatoms. The van der Waals surface area contributed by atoms with Crippen LogP contribution in [0.25, 0.3) is 11.3 Å². The molecule has 2 aromatic heterocycles. The van der Waals surface area contributed by atoms with Gasteiger partial charge in [0.15, 0.2) is 0 Å². The van der Waals surface area contributed by atoms with Gasteiger partial charge in [0.2, 0.25) is 5.91 Å². The van der Waals surface area contributed by atoms with Crippen LogP contribution in [0.15, 0.2) is 24.8 Å². The van der Waals surface area contributed by atoms with Crippen LogP contribution in [-0.2, 0) is 11.2 Å². The van der Waals surface area contributed by atoms with Crippen molar-refractivity contribution in [3.8, 4) is 11.3 Å². The summed E-state index contributed by atoms with van der Waals surface area (Å²) in [5, 5.41) is 6.76. The van der Waals surface area contributed by atoms with E-state index < -0.39 is 0 Å². The van der Waals surface area contributed by atoms with Gasteiger partial charge < -0.3 is 4.90 Å². The van der Waals surface area contributed by atoms with Crippen LogP contribution in [0, 0.1) is 11.3 Å². The van der Waals surface area contributed by atoms with Gasteiger partial charge in [-0.1, -0.05) is 20.8 Å². The van der Waals surface area contributed by atoms with Crippen molar-refractivity contribution in [2.24, 2.45) is 11.3 Å². The lowest BCUT2D eigenvalue weighted by Crippen LogP contribution is -2.45. The van der Waals surface area contributed by atoms with Crippen molar-refractivity contribution in [2.75, 3.05) is 13.1 Å². The number of aromatic amines is 1. The molecular formula is C18H25N5O. The predicted octanol–water partition coefficient (Wildman–Crippen LogP) is 2.69. The highest BCUT2D eigenvalue weighted by Gasteiger charge is 2.31. The summed E-state index contributed by atoms with van der Waals surface area (Å²) in [6.45, 7) is 7.64. The molecule has 0 bridgehead atoms. The van der Waals surface area contributed by atoms with Crippen LogP contribution in [0.3, 0.4) is 0 Å². The van der Waals surface area contributed by atoms with Gasteiger partial charge in [-0.15, -0.1) is 0 Å². The first-order valence-corrected chi connectivity index (χ1v) is 8.53. The largest absolute Gasteiger partial charge is 0.342 e. The van der Waals surface area contributed by atoms with Crippen LogP contribution < -0.4 is 0 Å². The van der Waals surface area contributed by atoms with Crippen molar-refractivity contribution in [3.05, 3.63) is 30.5 Å². The van der Waals surface area contributed by atoms with Gasteiger partial charge in [0.1, 0.15) is 0 Å². The highest BCUT2D eigenvalue weighted by molar-refractivity contribution is 5.81. The van der Waals surface area contributed by atoms with Crippen LogP contribution in [0.4, 0.5) is 0 Å². The summed E-state index contributed by atoms with van der Waals surface area (Å²) in [6.07, 6.45) is 10.2. The first-order valence-electron chi connectivity index (χ1n) is 8.53. The second-order valence-electron chi connectivity index (χ2n) is 7.60. The Balaban J connectivity index is 1.68. The summed E-state index contributed by atoms with van der Waals surface area (Å²) in [5.41, 5.74) is 2.43. The summed E-state index contributed by atoms with van der Waals surface area (Å²) in [7, 11) is 0. The minimum atomic E-state index is -0.317. The first kappa shape index (κ1) is 16.6. The van der Waals surface area contributed by atoms with Crippen molar-refractivity contribution in [2.45, 2.75) is 40.0 Å². The molecule has 128 valence electrons. The third-order valence-corrected chi connectivity index (χ3v) is 4.42. The molecule has 0 spiro atoms. The Morgan fingerprint density at radius 1 is 1.33 bits per heavy atom. The van der Waals surface area contributed by atoms with Crippen molar-refractivity contribution in [3.63, 3.8) is 0 Å². The number of H-pyrrole nitrogens is 1. The fourth-order valence-electron chi connectivity index (χ4n) is 3.22. The third-order valence-electron chi connectivity index (χ3n) is 4.42. The highest BCUT2D eigenvalue weighted by atomic mass is 16.2. The number of carbonyl (C=O) groups is 1. The molecule has 0 aliphatic carbocycles. The van der Waals surface area contributed by atoms with Crippen LogP contribution in [0.5, 0.6) is 0 Å². The number of piperidine rings is 1. The molecule has 6 nitrogen and oxygen atoms in total. The van der Waals surface area contributed by atoms with E-state index >= 15 is 0 Å². The SMILES string of the molecule is CC(C)(C)C(=O)N1CCCC(Cc2cncc(-c3cn[nH]c3)n2)C1. The van der Waals surface area contributed by atoms with E-state index in [0.717, 1.165) is 49.3 Å². The lowest BCUT2D eigenvalue weighted by Gasteiger charge is -2.36. The quantitative estimate of drug-likeness (QED) is 0.940. The lowest BCUT2D eigenvalue weighted by molar-refractivity contribution is -0.141. The van der Waals surface area contributed by atoms with Gasteiger partial charge in [0.25, 0.3) is 0 Å². The second kappa shape index (κ2) is 6.71. The van der Waals surface area contributed by atoms with Crippen LogP contribution in [0.1, 0.15) is 39.3 Å². The predicted molar refractivity (Wildman–Crippen MR) is 92.1 cm³/mol. The Hall–Kier alpha value is -2.24. The topological polar surface area (TPSA) is 74.8 Å². The van der Waals surface area contributed by atoms with Crippen molar-refractivity contribution in [1.82, 2.24) is 25.1 Å². The second-order valence-corrected chi connectivity index (χ2v) is 7.60. The zero-order valence-electron chi connectivity index (χ0n) is 14.6. The Bertz CT molecular complexity index is 690. The van der Waals surface area contributed by atoms with Crippen molar-refractivity contribution in [1.29, 1.82) is 0 Å². The molecule has 1 fully saturated rings. The van der Waals surface area contributed by atoms with E-state index in [2.05, 4.69) is 15.2 Å². The maximum atomic E-state index is 12.5. The van der Waals surface area contributed by atoms with Gasteiger partial charge in [0, 0.05) is 36.5 Å². The lowest BCUT2D eigenvalue weighted by atomic mass is 9.89. The van der Waals surface area contributed by atoms with Crippen LogP contribution in [0.2, 0.25) is 0 Å². The number of aromatic nitrogens is 4. The number of hydrogen-bond donors (Lipinski definition) is 1. The molecule has 0 saturated carbocycles. The summed E-state index contributed by atoms with van der Waals surface area (Å²) >= 11 is 0. The minimum Gasteiger partial charge on any atom is -0.342 e. The number of nitrogens with one attached hydrogen (secondary N) is 1. The van der Waals surface area contributed by atoms with Gasteiger partial charge in [0.05, 0.1) is 23.8 Å². The molecule has 3 heterocycles. The minimum absolute atomic E-state index is 0.241. The van der Waals surface area contributed by atoms with Crippen molar-refractivity contribution < 1.29 is 4.79 Å². The maximum absolute atomic E-state index is 12.5. The summed E-state index contributed by atoms with van der Waals surface area (Å²) in [4.78, 5) is 23.5. The Labute approximate surface area is 142 Å². The number of nitrogens with zero attached hydrogens (tertiary/aromatic N) is 4. The molecule has 1 N–H and O–H groups in total. The summed E-state index contributed by atoms with van der Waals surface area (Å²) < 4.78 is 0. The monoisotopic (exact) mass is 327 g/mol. The smallest absolute Gasteiger partial charge is 0.227 e. The fraction of sp³-hybridized carbons (Fsp3) is 0.556. The zero-order valence-corrected chi connectivity index (χ0v) is 14.6. The van der Waals surface area contributed by atoms with Gasteiger partial charge in [-0.25, -0.2) is 4.98 Å². The van der Waals surface area contributed by atoms with E-state index in [1.165, 1.54) is 0 Å². The molecule has 3 rings (SSSR count). The molecule has 24 heavy (non-hydrogen) atoms. The summed E-state index contributed by atoms with van der Waals surface area (Å²) in [5.74, 6) is 0.685. The van der Waals surface area contributed by atoms with E-state index in [4.69, 9.17) is 4.98 Å². The third kappa shape index (κ3) is 3.80. The number of hydrogen-bond acceptors (Lipinski definition) is 4. The van der Waals surface area contributed by atoms with Crippen LogP contribution in [-0.4, -0.2) is 44.1 Å². The molecule has 1 amide bonds. The molecule has 0 aromatic carbocycles. The molecule has 2 aromatic rings. The van der Waals surface area contributed by atoms with Gasteiger partial charge in [-0.05, 0) is 25.2 Å². The molecule has 1 aliphatic rings. The maximum Gasteiger partial charge on any atom is 0.227 e. The van der Waals surface area contributed by atoms with E-state index in [9.17, 15) is 4.79 Å². The number of amides is 1. The molecule has 1 aliphatic heterocycles. The van der Waals surface area contributed by atoms with Crippen LogP contribution >= 0.6 is 0 Å². The molecule has 1 saturated heterocycles. The molecule has 1 unspecified atom stereocenters. The highest BCUT2D eigenvalue weighted by Crippen LogP contribution is 2.25. The number of rotatable bonds is 3. The normalized spacial score (nSPS) is 18.6. The first-order chi connectivity index (χ1) is 11.4. The standard InChI is InChI=1S/C18H25N5O/c1-18(2,3)17(24)23-6-4-5-13(12-23)7-15-10-19-11-16(22-15)14-8-20-21-9-14/h8-11,13H,4-7,12H2,1-3H3,(H,20,21). The number of likely N-dealkylation sites (tertiary alicyclic amines) is 1. The van der Waals surface area contributed by atoms with Gasteiger partial charge >= 0.3 is 0 Å². The Morgan fingerprint density at radius 3 is 2.88 bits per heavy atom. The molecular weight excluding hydrogens is 302 g/mol. The molecule has 0 radical (unpaired) electrons. The van der Waals surface area contributed by atoms with Gasteiger partial charge in [-0.2, -0.15) is 5.10 Å². The van der Waals surface area contributed by atoms with E-state index in [1.807, 2.05) is 38.1 Å². The average Bonchev–Trinajstić information content (AvgIpc) is 3.08. The fourth-order valence-corrected chi connectivity index (χ4v) is 3.22. The van der Waals surface area contributed by atoms with E-state index in [0.29, 0.717) is 5.92 Å². The number of carbonyl (C=O) groups excluding carboxylic acids is 1. The van der Waals surface area contributed by atoms with E-state index in [-0.39, 0.29) is 11.3 Å². The van der Waals surface area contributed by atoms with Gasteiger partial charge in [-0.3, -0.25) is 14.9 Å². The molecule has 1 atom stereocenters. The van der Waals surface area contributed by atoms with Crippen molar-refractivity contribution >= 4 is 5.91 Å². The summed E-state index contributed by atoms with van der Waals surface area (Å²) in [6, 6.07) is 0. The Morgan fingerprint density at radius 2 is 2.17 bits per heavy atom. The van der Waals surface area contributed by atoms with E-state index in [1.54, 1.807) is 12.4 Å². The Kier molecular flexibility index (Phi) is 4.64.